The van der Waals surface area contributed by atoms with E-state index < -0.39 is 11.9 Å². The first-order valence-corrected chi connectivity index (χ1v) is 8.20. The van der Waals surface area contributed by atoms with E-state index >= 15 is 0 Å². The number of nitrogens with one attached hydrogen (secondary N) is 1. The summed E-state index contributed by atoms with van der Waals surface area (Å²) in [5, 5.41) is 0. The van der Waals surface area contributed by atoms with Crippen LogP contribution in [-0.2, 0) is 6.18 Å². The number of thiol groups is 1. The summed E-state index contributed by atoms with van der Waals surface area (Å²) in [6.07, 6.45) is 1.11. The lowest BCUT2D eigenvalue weighted by atomic mass is 10.0. The Labute approximate surface area is 149 Å². The molecule has 2 unspecified atom stereocenters. The van der Waals surface area contributed by atoms with E-state index in [0.29, 0.717) is 23.3 Å². The number of piperazine rings is 1. The Bertz CT molecular complexity index is 627. The molecule has 24 heavy (non-hydrogen) atoms. The van der Waals surface area contributed by atoms with E-state index in [1.54, 1.807) is 6.08 Å². The van der Waals surface area contributed by atoms with Crippen LogP contribution in [0.15, 0.2) is 34.5 Å². The Morgan fingerprint density at radius 2 is 2.08 bits per heavy atom. The van der Waals surface area contributed by atoms with Gasteiger partial charge in [0, 0.05) is 0 Å². The number of anilines is 1. The Morgan fingerprint density at radius 3 is 2.62 bits per heavy atom. The predicted octanol–water partition coefficient (Wildman–Crippen LogP) is 2.15. The Hall–Kier alpha value is -1.25. The summed E-state index contributed by atoms with van der Waals surface area (Å²) >= 11 is 9.75. The van der Waals surface area contributed by atoms with Crippen molar-refractivity contribution in [3.8, 4) is 0 Å². The summed E-state index contributed by atoms with van der Waals surface area (Å²) in [4.78, 5) is 10.7. The molecule has 1 aromatic rings. The third-order valence-corrected chi connectivity index (χ3v) is 4.33. The van der Waals surface area contributed by atoms with Crippen molar-refractivity contribution in [3.63, 3.8) is 0 Å². The van der Waals surface area contributed by atoms with Crippen molar-refractivity contribution in [2.45, 2.75) is 19.1 Å². The number of hydrogen-bond donors (Lipinski definition) is 2. The maximum atomic E-state index is 12.6. The number of rotatable bonds is 3. The van der Waals surface area contributed by atoms with Crippen molar-refractivity contribution < 1.29 is 18.1 Å². The van der Waals surface area contributed by atoms with E-state index in [4.69, 9.17) is 11.6 Å². The highest BCUT2D eigenvalue weighted by Gasteiger charge is 2.34. The van der Waals surface area contributed by atoms with Crippen molar-refractivity contribution >= 4 is 30.0 Å². The summed E-state index contributed by atoms with van der Waals surface area (Å²) in [6.45, 7) is 4.20. The molecule has 0 saturated carbocycles. The number of likely N-dealkylation sites (N-methyl/N-ethyl adjacent to an activating group) is 1. The number of quaternary nitrogens is 1. The molecular formula is C15H19ClF3N4S+. The summed E-state index contributed by atoms with van der Waals surface area (Å²) in [5.74, 6) is 0.455. The molecule has 1 aliphatic heterocycles. The lowest BCUT2D eigenvalue weighted by Gasteiger charge is -2.37. The van der Waals surface area contributed by atoms with Gasteiger partial charge in [-0.2, -0.15) is 13.2 Å². The number of aromatic nitrogens is 2. The van der Waals surface area contributed by atoms with Gasteiger partial charge in [0.2, 0.25) is 0 Å². The summed E-state index contributed by atoms with van der Waals surface area (Å²) < 4.78 is 38.1. The number of allylic oxidation sites excluding steroid dienone is 2. The average molecular weight is 380 g/mol. The molecule has 1 N–H and O–H groups in total. The van der Waals surface area contributed by atoms with Crippen LogP contribution in [-0.4, -0.2) is 42.7 Å². The SMILES string of the molecule is CC(=CC=C(S)Cl)C1CN(c2cnc(C(F)(F)F)cn2)CC[NH+]1C. The largest absolute Gasteiger partial charge is 0.434 e. The van der Waals surface area contributed by atoms with Crippen molar-refractivity contribution in [1.82, 2.24) is 9.97 Å². The van der Waals surface area contributed by atoms with Crippen LogP contribution in [0.5, 0.6) is 0 Å². The Balaban J connectivity index is 2.15. The monoisotopic (exact) mass is 379 g/mol. The van der Waals surface area contributed by atoms with E-state index in [9.17, 15) is 13.2 Å². The topological polar surface area (TPSA) is 33.5 Å². The molecule has 0 spiro atoms. The summed E-state index contributed by atoms with van der Waals surface area (Å²) in [6, 6.07) is 0.184. The second kappa shape index (κ2) is 7.76. The summed E-state index contributed by atoms with van der Waals surface area (Å²) in [7, 11) is 2.09. The van der Waals surface area contributed by atoms with Gasteiger partial charge in [0.05, 0.1) is 43.4 Å². The molecule has 2 heterocycles. The standard InChI is InChI=1S/C15H18ClF3N4S/c1-10(3-4-13(16)24)11-9-23(6-5-22(11)2)14-8-20-12(7-21-14)15(17,18)19/h3-4,7-8,11,24H,5-6,9H2,1-2H3/p+1. The number of hydrogen-bond acceptors (Lipinski definition) is 4. The van der Waals surface area contributed by atoms with Gasteiger partial charge in [-0.1, -0.05) is 17.7 Å². The molecule has 1 aromatic heterocycles. The van der Waals surface area contributed by atoms with Gasteiger partial charge in [-0.05, 0) is 18.6 Å². The van der Waals surface area contributed by atoms with Gasteiger partial charge in [0.1, 0.15) is 11.9 Å². The zero-order valence-electron chi connectivity index (χ0n) is 13.3. The van der Waals surface area contributed by atoms with Gasteiger partial charge in [-0.25, -0.2) is 9.97 Å². The van der Waals surface area contributed by atoms with Crippen LogP contribution < -0.4 is 9.80 Å². The first kappa shape index (κ1) is 19.1. The minimum Gasteiger partial charge on any atom is -0.343 e. The van der Waals surface area contributed by atoms with Gasteiger partial charge in [0.25, 0.3) is 0 Å². The molecule has 9 heteroatoms. The average Bonchev–Trinajstić information content (AvgIpc) is 2.52. The van der Waals surface area contributed by atoms with Crippen LogP contribution in [0.25, 0.3) is 0 Å². The highest BCUT2D eigenvalue weighted by molar-refractivity contribution is 7.86. The Kier molecular flexibility index (Phi) is 6.17. The highest BCUT2D eigenvalue weighted by atomic mass is 35.5. The van der Waals surface area contributed by atoms with Crippen LogP contribution in [0, 0.1) is 0 Å². The van der Waals surface area contributed by atoms with E-state index in [2.05, 4.69) is 29.6 Å². The van der Waals surface area contributed by atoms with Crippen molar-refractivity contribution in [2.24, 2.45) is 0 Å². The fourth-order valence-electron chi connectivity index (χ4n) is 2.64. The lowest BCUT2D eigenvalue weighted by Crippen LogP contribution is -3.16. The number of halogens is 4. The molecule has 1 fully saturated rings. The highest BCUT2D eigenvalue weighted by Crippen LogP contribution is 2.27. The zero-order chi connectivity index (χ0) is 17.9. The van der Waals surface area contributed by atoms with Crippen LogP contribution in [0.2, 0.25) is 0 Å². The maximum Gasteiger partial charge on any atom is 0.434 e. The molecule has 0 radical (unpaired) electrons. The molecule has 2 atom stereocenters. The van der Waals surface area contributed by atoms with Crippen molar-refractivity contribution in [1.29, 1.82) is 0 Å². The van der Waals surface area contributed by atoms with Crippen molar-refractivity contribution in [2.75, 3.05) is 31.6 Å². The zero-order valence-corrected chi connectivity index (χ0v) is 15.0. The van der Waals surface area contributed by atoms with E-state index in [1.807, 2.05) is 17.9 Å². The fraction of sp³-hybridized carbons (Fsp3) is 0.467. The molecule has 0 aromatic carbocycles. The second-order valence-electron chi connectivity index (χ2n) is 5.75. The summed E-state index contributed by atoms with van der Waals surface area (Å²) in [5.41, 5.74) is 0.136. The van der Waals surface area contributed by atoms with Gasteiger partial charge in [-0.3, -0.25) is 0 Å². The lowest BCUT2D eigenvalue weighted by molar-refractivity contribution is -0.900. The van der Waals surface area contributed by atoms with E-state index in [-0.39, 0.29) is 6.04 Å². The molecular weight excluding hydrogens is 361 g/mol. The van der Waals surface area contributed by atoms with E-state index in [0.717, 1.165) is 18.3 Å². The normalized spacial score (nSPS) is 23.5. The minimum absolute atomic E-state index is 0.184. The second-order valence-corrected chi connectivity index (χ2v) is 6.91. The molecule has 0 bridgehead atoms. The number of nitrogens with zero attached hydrogens (tertiary/aromatic N) is 3. The van der Waals surface area contributed by atoms with E-state index in [1.165, 1.54) is 11.1 Å². The number of alkyl halides is 3. The first-order chi connectivity index (χ1) is 11.2. The smallest absolute Gasteiger partial charge is 0.343 e. The van der Waals surface area contributed by atoms with Crippen LogP contribution in [0.1, 0.15) is 12.6 Å². The minimum atomic E-state index is -4.47. The molecule has 1 aliphatic rings. The third-order valence-electron chi connectivity index (χ3n) is 4.06. The third kappa shape index (κ3) is 4.87. The molecule has 0 amide bonds. The molecule has 4 nitrogen and oxygen atoms in total. The van der Waals surface area contributed by atoms with Crippen LogP contribution >= 0.6 is 24.2 Å². The van der Waals surface area contributed by atoms with Crippen LogP contribution in [0.3, 0.4) is 0 Å². The van der Waals surface area contributed by atoms with Gasteiger partial charge < -0.3 is 9.80 Å². The first-order valence-electron chi connectivity index (χ1n) is 7.38. The van der Waals surface area contributed by atoms with Crippen LogP contribution in [0.4, 0.5) is 19.0 Å². The quantitative estimate of drug-likeness (QED) is 0.623. The van der Waals surface area contributed by atoms with Gasteiger partial charge in [0.15, 0.2) is 5.69 Å². The molecule has 2 rings (SSSR count). The Morgan fingerprint density at radius 1 is 1.38 bits per heavy atom. The predicted molar refractivity (Wildman–Crippen MR) is 91.5 cm³/mol. The molecule has 0 aliphatic carbocycles. The van der Waals surface area contributed by atoms with Crippen molar-refractivity contribution in [3.05, 3.63) is 40.2 Å². The van der Waals surface area contributed by atoms with Gasteiger partial charge >= 0.3 is 6.18 Å². The van der Waals surface area contributed by atoms with Gasteiger partial charge in [-0.15, -0.1) is 12.6 Å². The molecule has 132 valence electrons. The maximum absolute atomic E-state index is 12.6. The fourth-order valence-corrected chi connectivity index (χ4v) is 2.78. The molecule has 1 saturated heterocycles.